The van der Waals surface area contributed by atoms with E-state index >= 15 is 0 Å². The summed E-state index contributed by atoms with van der Waals surface area (Å²) in [6, 6.07) is 7.73. The van der Waals surface area contributed by atoms with Gasteiger partial charge in [0, 0.05) is 11.3 Å². The molecule has 0 saturated heterocycles. The molecule has 1 aromatic carbocycles. The van der Waals surface area contributed by atoms with Crippen molar-refractivity contribution in [3.63, 3.8) is 0 Å². The summed E-state index contributed by atoms with van der Waals surface area (Å²) in [5.41, 5.74) is 2.96. The minimum Gasteiger partial charge on any atom is -0.309 e. The number of hydrogen-bond donors (Lipinski definition) is 1. The van der Waals surface area contributed by atoms with Crippen LogP contribution in [0.3, 0.4) is 0 Å². The van der Waals surface area contributed by atoms with Gasteiger partial charge < -0.3 is 5.32 Å². The first kappa shape index (κ1) is 20.8. The Bertz CT molecular complexity index is 1220. The van der Waals surface area contributed by atoms with Gasteiger partial charge in [-0.2, -0.15) is 0 Å². The third-order valence-electron chi connectivity index (χ3n) is 9.57. The summed E-state index contributed by atoms with van der Waals surface area (Å²) in [7, 11) is 0. The molecule has 170 valence electrons. The number of nitrogens with zero attached hydrogens (tertiary/aromatic N) is 2. The van der Waals surface area contributed by atoms with Gasteiger partial charge in [-0.3, -0.25) is 14.6 Å². The Balaban J connectivity index is 1.23. The molecule has 4 aliphatic rings. The standard InChI is InChI=1S/C28H31N3O2/c1-27-13-11-18(32)15-17(27)7-8-19-20-9-10-22(28(20,2)14-12-21(19)27)26(33)31-25-16-29-23-5-3-4-6-24(23)30-25/h3-6,11,13,15-16,19-22H,7-10,12,14H2,1-2H3,(H,30,31,33). The maximum Gasteiger partial charge on any atom is 0.229 e. The Morgan fingerprint density at radius 2 is 1.88 bits per heavy atom. The zero-order valence-corrected chi connectivity index (χ0v) is 19.4. The molecule has 1 heterocycles. The molecular weight excluding hydrogens is 410 g/mol. The first-order valence-corrected chi connectivity index (χ1v) is 12.4. The number of rotatable bonds is 2. The summed E-state index contributed by atoms with van der Waals surface area (Å²) in [6.07, 6.45) is 13.9. The predicted octanol–water partition coefficient (Wildman–Crippen LogP) is 5.49. The molecule has 6 rings (SSSR count). The summed E-state index contributed by atoms with van der Waals surface area (Å²) >= 11 is 0. The molecule has 0 bridgehead atoms. The van der Waals surface area contributed by atoms with Gasteiger partial charge in [0.05, 0.1) is 17.2 Å². The van der Waals surface area contributed by atoms with Crippen LogP contribution in [0.4, 0.5) is 5.82 Å². The number of allylic oxidation sites excluding steroid dienone is 4. The fourth-order valence-corrected chi connectivity index (χ4v) is 7.86. The van der Waals surface area contributed by atoms with Crippen LogP contribution >= 0.6 is 0 Å². The van der Waals surface area contributed by atoms with Crippen molar-refractivity contribution in [3.8, 4) is 0 Å². The fourth-order valence-electron chi connectivity index (χ4n) is 7.86. The zero-order chi connectivity index (χ0) is 22.8. The molecule has 6 unspecified atom stereocenters. The van der Waals surface area contributed by atoms with E-state index in [9.17, 15) is 9.59 Å². The number of carbonyl (C=O) groups excluding carboxylic acids is 2. The minimum atomic E-state index is -0.000807. The van der Waals surface area contributed by atoms with E-state index in [1.807, 2.05) is 30.3 Å². The van der Waals surface area contributed by atoms with Crippen LogP contribution in [0.15, 0.2) is 54.3 Å². The van der Waals surface area contributed by atoms with E-state index in [-0.39, 0.29) is 28.4 Å². The molecule has 3 fully saturated rings. The van der Waals surface area contributed by atoms with Gasteiger partial charge >= 0.3 is 0 Å². The highest BCUT2D eigenvalue weighted by Crippen LogP contribution is 2.66. The van der Waals surface area contributed by atoms with E-state index in [1.165, 1.54) is 5.57 Å². The van der Waals surface area contributed by atoms with Crippen LogP contribution in [0.5, 0.6) is 0 Å². The number of anilines is 1. The third-order valence-corrected chi connectivity index (χ3v) is 9.57. The number of aromatic nitrogens is 2. The number of para-hydroxylation sites is 2. The smallest absolute Gasteiger partial charge is 0.229 e. The summed E-state index contributed by atoms with van der Waals surface area (Å²) in [6.45, 7) is 4.68. The highest BCUT2D eigenvalue weighted by molar-refractivity contribution is 6.01. The summed E-state index contributed by atoms with van der Waals surface area (Å²) in [5.74, 6) is 2.50. The SMILES string of the molecule is CC12C=CC(=O)C=C1CCC1C2CCC2(C)C(C(=O)Nc3cnc4ccccc4n3)CCC12. The average molecular weight is 442 g/mol. The minimum absolute atomic E-state index is 0.000807. The maximum atomic E-state index is 13.5. The first-order valence-electron chi connectivity index (χ1n) is 12.4. The number of hydrogen-bond acceptors (Lipinski definition) is 4. The summed E-state index contributed by atoms with van der Waals surface area (Å²) in [4.78, 5) is 34.5. The van der Waals surface area contributed by atoms with Crippen LogP contribution in [0.2, 0.25) is 0 Å². The van der Waals surface area contributed by atoms with E-state index in [2.05, 4.69) is 35.2 Å². The van der Waals surface area contributed by atoms with Crippen molar-refractivity contribution in [2.24, 2.45) is 34.5 Å². The van der Waals surface area contributed by atoms with Gasteiger partial charge in [0.25, 0.3) is 0 Å². The second-order valence-corrected chi connectivity index (χ2v) is 11.0. The van der Waals surface area contributed by atoms with Gasteiger partial charge in [0.2, 0.25) is 5.91 Å². The molecule has 0 spiro atoms. The second kappa shape index (κ2) is 7.34. The van der Waals surface area contributed by atoms with E-state index < -0.39 is 0 Å². The lowest BCUT2D eigenvalue weighted by atomic mass is 9.48. The molecule has 4 aliphatic carbocycles. The molecule has 1 aromatic heterocycles. The molecule has 33 heavy (non-hydrogen) atoms. The van der Waals surface area contributed by atoms with Crippen molar-refractivity contribution in [2.75, 3.05) is 5.32 Å². The molecule has 6 atom stereocenters. The Hall–Kier alpha value is -2.82. The van der Waals surface area contributed by atoms with Crippen molar-refractivity contribution in [2.45, 2.75) is 52.4 Å². The number of fused-ring (bicyclic) bond motifs is 6. The lowest BCUT2D eigenvalue weighted by molar-refractivity contribution is -0.126. The van der Waals surface area contributed by atoms with Crippen molar-refractivity contribution in [3.05, 3.63) is 54.3 Å². The Morgan fingerprint density at radius 3 is 2.73 bits per heavy atom. The van der Waals surface area contributed by atoms with Gasteiger partial charge in [0.15, 0.2) is 11.6 Å². The lowest BCUT2D eigenvalue weighted by Crippen LogP contribution is -2.50. The molecule has 0 aliphatic heterocycles. The van der Waals surface area contributed by atoms with Crippen molar-refractivity contribution in [1.29, 1.82) is 0 Å². The Morgan fingerprint density at radius 1 is 1.06 bits per heavy atom. The topological polar surface area (TPSA) is 72.0 Å². The molecule has 2 aromatic rings. The van der Waals surface area contributed by atoms with Crippen LogP contribution in [0.25, 0.3) is 11.0 Å². The highest BCUT2D eigenvalue weighted by atomic mass is 16.2. The van der Waals surface area contributed by atoms with Crippen molar-refractivity contribution >= 4 is 28.5 Å². The number of nitrogens with one attached hydrogen (secondary N) is 1. The van der Waals surface area contributed by atoms with Gasteiger partial charge in [-0.25, -0.2) is 4.98 Å². The normalized spacial score (nSPS) is 37.2. The molecule has 1 amide bonds. The molecule has 5 nitrogen and oxygen atoms in total. The predicted molar refractivity (Wildman–Crippen MR) is 128 cm³/mol. The second-order valence-electron chi connectivity index (χ2n) is 11.0. The van der Waals surface area contributed by atoms with Gasteiger partial charge in [-0.05, 0) is 86.0 Å². The van der Waals surface area contributed by atoms with Crippen LogP contribution in [0, 0.1) is 34.5 Å². The summed E-state index contributed by atoms with van der Waals surface area (Å²) in [5, 5.41) is 3.09. The van der Waals surface area contributed by atoms with E-state index in [4.69, 9.17) is 0 Å². The number of amides is 1. The van der Waals surface area contributed by atoms with Crippen molar-refractivity contribution in [1.82, 2.24) is 9.97 Å². The zero-order valence-electron chi connectivity index (χ0n) is 19.4. The quantitative estimate of drug-likeness (QED) is 0.669. The molecule has 1 N–H and O–H groups in total. The van der Waals surface area contributed by atoms with E-state index in [0.29, 0.717) is 23.6 Å². The van der Waals surface area contributed by atoms with Crippen LogP contribution < -0.4 is 5.32 Å². The molecule has 3 saturated carbocycles. The number of ketones is 1. The van der Waals surface area contributed by atoms with Crippen LogP contribution in [-0.2, 0) is 9.59 Å². The molecular formula is C28H31N3O2. The molecule has 0 radical (unpaired) electrons. The number of carbonyl (C=O) groups is 2. The highest BCUT2D eigenvalue weighted by Gasteiger charge is 2.59. The van der Waals surface area contributed by atoms with E-state index in [1.54, 1.807) is 12.3 Å². The average Bonchev–Trinajstić information content (AvgIpc) is 3.17. The largest absolute Gasteiger partial charge is 0.309 e. The molecule has 5 heteroatoms. The number of benzene rings is 1. The first-order chi connectivity index (χ1) is 15.9. The Labute approximate surface area is 194 Å². The van der Waals surface area contributed by atoms with Gasteiger partial charge in [0.1, 0.15) is 0 Å². The van der Waals surface area contributed by atoms with Crippen LogP contribution in [0.1, 0.15) is 52.4 Å². The summed E-state index contributed by atoms with van der Waals surface area (Å²) < 4.78 is 0. The fraction of sp³-hybridized carbons (Fsp3) is 0.500. The third kappa shape index (κ3) is 3.12. The van der Waals surface area contributed by atoms with Gasteiger partial charge in [-0.1, -0.05) is 37.6 Å². The Kier molecular flexibility index (Phi) is 4.62. The van der Waals surface area contributed by atoms with Crippen molar-refractivity contribution < 1.29 is 9.59 Å². The van der Waals surface area contributed by atoms with E-state index in [0.717, 1.165) is 49.6 Å². The van der Waals surface area contributed by atoms with Crippen LogP contribution in [-0.4, -0.2) is 21.7 Å². The van der Waals surface area contributed by atoms with Gasteiger partial charge in [-0.15, -0.1) is 0 Å². The lowest BCUT2D eigenvalue weighted by Gasteiger charge is -2.56. The monoisotopic (exact) mass is 441 g/mol. The maximum absolute atomic E-state index is 13.5.